The van der Waals surface area contributed by atoms with Gasteiger partial charge in [-0.3, -0.25) is 0 Å². The van der Waals surface area contributed by atoms with Gasteiger partial charge in [-0.1, -0.05) is 33.8 Å². The van der Waals surface area contributed by atoms with Crippen LogP contribution in [-0.2, 0) is 11.8 Å². The molecule has 0 aliphatic rings. The van der Waals surface area contributed by atoms with E-state index in [1.807, 2.05) is 12.1 Å². The SMILES string of the molecule is CCc1ccc(C#N)cc1C(C)(C)CC. The Kier molecular flexibility index (Phi) is 3.52. The molecular formula is C14H19N. The minimum atomic E-state index is 0.165. The Bertz CT molecular complexity index is 383. The monoisotopic (exact) mass is 201 g/mol. The van der Waals surface area contributed by atoms with E-state index in [1.54, 1.807) is 0 Å². The van der Waals surface area contributed by atoms with Crippen LogP contribution in [0, 0.1) is 11.3 Å². The quantitative estimate of drug-likeness (QED) is 0.729. The molecule has 1 nitrogen and oxygen atoms in total. The van der Waals surface area contributed by atoms with Crippen molar-refractivity contribution in [1.82, 2.24) is 0 Å². The van der Waals surface area contributed by atoms with Crippen LogP contribution in [0.1, 0.15) is 50.8 Å². The third-order valence-electron chi connectivity index (χ3n) is 3.23. The topological polar surface area (TPSA) is 23.8 Å². The number of hydrogen-bond donors (Lipinski definition) is 0. The molecule has 1 heteroatoms. The van der Waals surface area contributed by atoms with E-state index >= 15 is 0 Å². The second kappa shape index (κ2) is 4.49. The molecule has 0 saturated heterocycles. The molecule has 0 spiro atoms. The van der Waals surface area contributed by atoms with Gasteiger partial charge < -0.3 is 0 Å². The number of nitrogens with zero attached hydrogens (tertiary/aromatic N) is 1. The summed E-state index contributed by atoms with van der Waals surface area (Å²) < 4.78 is 0. The highest BCUT2D eigenvalue weighted by Crippen LogP contribution is 2.30. The van der Waals surface area contributed by atoms with E-state index in [0.29, 0.717) is 0 Å². The number of benzene rings is 1. The lowest BCUT2D eigenvalue weighted by molar-refractivity contribution is 0.501. The van der Waals surface area contributed by atoms with E-state index < -0.39 is 0 Å². The van der Waals surface area contributed by atoms with Gasteiger partial charge in [-0.15, -0.1) is 0 Å². The summed E-state index contributed by atoms with van der Waals surface area (Å²) in [4.78, 5) is 0. The average molecular weight is 201 g/mol. The molecule has 1 rings (SSSR count). The third kappa shape index (κ3) is 2.39. The van der Waals surface area contributed by atoms with Crippen LogP contribution in [0.5, 0.6) is 0 Å². The highest BCUT2D eigenvalue weighted by atomic mass is 14.3. The largest absolute Gasteiger partial charge is 0.192 e. The fourth-order valence-corrected chi connectivity index (χ4v) is 1.77. The maximum Gasteiger partial charge on any atom is 0.0991 e. The predicted octanol–water partition coefficient (Wildman–Crippen LogP) is 3.81. The zero-order valence-corrected chi connectivity index (χ0v) is 10.1. The van der Waals surface area contributed by atoms with Gasteiger partial charge in [0.05, 0.1) is 11.6 Å². The third-order valence-corrected chi connectivity index (χ3v) is 3.23. The van der Waals surface area contributed by atoms with E-state index in [9.17, 15) is 0 Å². The molecule has 1 aromatic carbocycles. The van der Waals surface area contributed by atoms with Crippen LogP contribution in [0.2, 0.25) is 0 Å². The summed E-state index contributed by atoms with van der Waals surface area (Å²) in [6.45, 7) is 8.83. The Morgan fingerprint density at radius 3 is 2.40 bits per heavy atom. The summed E-state index contributed by atoms with van der Waals surface area (Å²) in [5.74, 6) is 0. The molecule has 1 aromatic rings. The Morgan fingerprint density at radius 2 is 1.93 bits per heavy atom. The fraction of sp³-hybridized carbons (Fsp3) is 0.500. The van der Waals surface area contributed by atoms with Crippen molar-refractivity contribution in [2.24, 2.45) is 0 Å². The Balaban J connectivity index is 3.31. The van der Waals surface area contributed by atoms with Gasteiger partial charge in [0.1, 0.15) is 0 Å². The van der Waals surface area contributed by atoms with Crippen LogP contribution in [0.15, 0.2) is 18.2 Å². The van der Waals surface area contributed by atoms with Gasteiger partial charge in [-0.25, -0.2) is 0 Å². The van der Waals surface area contributed by atoms with Crippen LogP contribution >= 0.6 is 0 Å². The van der Waals surface area contributed by atoms with Crippen LogP contribution in [0.25, 0.3) is 0 Å². The van der Waals surface area contributed by atoms with E-state index in [0.717, 1.165) is 18.4 Å². The van der Waals surface area contributed by atoms with Crippen molar-refractivity contribution in [2.45, 2.75) is 46.0 Å². The van der Waals surface area contributed by atoms with E-state index in [2.05, 4.69) is 39.8 Å². The van der Waals surface area contributed by atoms with Crippen molar-refractivity contribution in [2.75, 3.05) is 0 Å². The van der Waals surface area contributed by atoms with Crippen molar-refractivity contribution < 1.29 is 0 Å². The van der Waals surface area contributed by atoms with Crippen LogP contribution < -0.4 is 0 Å². The molecule has 0 radical (unpaired) electrons. The number of aryl methyl sites for hydroxylation is 1. The molecule has 0 amide bonds. The van der Waals surface area contributed by atoms with Crippen molar-refractivity contribution in [1.29, 1.82) is 5.26 Å². The molecular weight excluding hydrogens is 182 g/mol. The Hall–Kier alpha value is -1.29. The number of hydrogen-bond acceptors (Lipinski definition) is 1. The maximum absolute atomic E-state index is 8.91. The summed E-state index contributed by atoms with van der Waals surface area (Å²) in [7, 11) is 0. The van der Waals surface area contributed by atoms with E-state index in [1.165, 1.54) is 11.1 Å². The van der Waals surface area contributed by atoms with Crippen molar-refractivity contribution in [3.8, 4) is 6.07 Å². The summed E-state index contributed by atoms with van der Waals surface area (Å²) in [6.07, 6.45) is 2.12. The minimum Gasteiger partial charge on any atom is -0.192 e. The molecule has 0 bridgehead atoms. The smallest absolute Gasteiger partial charge is 0.0991 e. The molecule has 0 atom stereocenters. The predicted molar refractivity (Wildman–Crippen MR) is 63.9 cm³/mol. The summed E-state index contributed by atoms with van der Waals surface area (Å²) in [5, 5.41) is 8.91. The normalized spacial score (nSPS) is 11.1. The zero-order valence-electron chi connectivity index (χ0n) is 10.1. The standard InChI is InChI=1S/C14H19N/c1-5-12-8-7-11(10-15)9-13(12)14(3,4)6-2/h7-9H,5-6H2,1-4H3. The molecule has 0 saturated carbocycles. The van der Waals surface area contributed by atoms with Crippen molar-refractivity contribution >= 4 is 0 Å². The molecule has 0 fully saturated rings. The molecule has 0 aliphatic carbocycles. The Labute approximate surface area is 92.7 Å². The lowest BCUT2D eigenvalue weighted by Gasteiger charge is -2.26. The van der Waals surface area contributed by atoms with E-state index in [-0.39, 0.29) is 5.41 Å². The highest BCUT2D eigenvalue weighted by molar-refractivity contribution is 5.41. The molecule has 0 aromatic heterocycles. The molecule has 0 N–H and O–H groups in total. The van der Waals surface area contributed by atoms with E-state index in [4.69, 9.17) is 5.26 Å². The van der Waals surface area contributed by atoms with Gasteiger partial charge >= 0.3 is 0 Å². The second-order valence-corrected chi connectivity index (χ2v) is 4.57. The van der Waals surface area contributed by atoms with Gasteiger partial charge in [-0.05, 0) is 41.5 Å². The highest BCUT2D eigenvalue weighted by Gasteiger charge is 2.21. The fourth-order valence-electron chi connectivity index (χ4n) is 1.77. The zero-order chi connectivity index (χ0) is 11.5. The van der Waals surface area contributed by atoms with Crippen LogP contribution in [0.4, 0.5) is 0 Å². The lowest BCUT2D eigenvalue weighted by Crippen LogP contribution is -2.18. The van der Waals surface area contributed by atoms with Crippen LogP contribution in [-0.4, -0.2) is 0 Å². The first kappa shape index (κ1) is 11.8. The van der Waals surface area contributed by atoms with Gasteiger partial charge in [0, 0.05) is 0 Å². The second-order valence-electron chi connectivity index (χ2n) is 4.57. The van der Waals surface area contributed by atoms with Gasteiger partial charge in [0.25, 0.3) is 0 Å². The summed E-state index contributed by atoms with van der Waals surface area (Å²) in [6, 6.07) is 8.26. The minimum absolute atomic E-state index is 0.165. The first-order chi connectivity index (χ1) is 7.05. The molecule has 0 unspecified atom stereocenters. The number of rotatable bonds is 3. The lowest BCUT2D eigenvalue weighted by atomic mass is 9.78. The summed E-state index contributed by atoms with van der Waals surface area (Å²) in [5.41, 5.74) is 3.62. The number of nitriles is 1. The first-order valence-corrected chi connectivity index (χ1v) is 5.58. The molecule has 15 heavy (non-hydrogen) atoms. The first-order valence-electron chi connectivity index (χ1n) is 5.58. The molecule has 0 heterocycles. The molecule has 0 aliphatic heterocycles. The Morgan fingerprint density at radius 1 is 1.27 bits per heavy atom. The molecule has 80 valence electrons. The van der Waals surface area contributed by atoms with Gasteiger partial charge in [0.15, 0.2) is 0 Å². The summed E-state index contributed by atoms with van der Waals surface area (Å²) >= 11 is 0. The van der Waals surface area contributed by atoms with Crippen LogP contribution in [0.3, 0.4) is 0 Å². The average Bonchev–Trinajstić information content (AvgIpc) is 2.28. The van der Waals surface area contributed by atoms with Crippen molar-refractivity contribution in [3.05, 3.63) is 34.9 Å². The maximum atomic E-state index is 8.91. The van der Waals surface area contributed by atoms with Gasteiger partial charge in [-0.2, -0.15) is 5.26 Å². The van der Waals surface area contributed by atoms with Gasteiger partial charge in [0.2, 0.25) is 0 Å². The van der Waals surface area contributed by atoms with Crippen molar-refractivity contribution in [3.63, 3.8) is 0 Å².